The normalized spacial score (nSPS) is 10.1. The largest absolute Gasteiger partial charge is 0.351 e. The lowest BCUT2D eigenvalue weighted by Gasteiger charge is -2.04. The average Bonchev–Trinajstić information content (AvgIpc) is 2.69. The van der Waals surface area contributed by atoms with Crippen LogP contribution in [0.5, 0.6) is 0 Å². The Labute approximate surface area is 95.8 Å². The number of hydrogen-bond acceptors (Lipinski definition) is 4. The van der Waals surface area contributed by atoms with Crippen LogP contribution in [-0.2, 0) is 6.67 Å². The molecule has 88 valence electrons. The van der Waals surface area contributed by atoms with E-state index in [1.807, 2.05) is 29.6 Å². The van der Waals surface area contributed by atoms with E-state index < -0.39 is 12.1 Å². The summed E-state index contributed by atoms with van der Waals surface area (Å²) in [6.07, 6.45) is 0. The fraction of sp³-hybridized carbons (Fsp3) is 0.111. The molecule has 0 atom stereocenters. The zero-order valence-electron chi connectivity index (χ0n) is 8.75. The molecule has 0 fully saturated rings. The smallest absolute Gasteiger partial charge is 0.324 e. The van der Waals surface area contributed by atoms with Crippen LogP contribution < -0.4 is 16.4 Å². The molecule has 4 amide bonds. The number of primary amides is 1. The van der Waals surface area contributed by atoms with Gasteiger partial charge in [-0.1, -0.05) is 17.3 Å². The van der Waals surface area contributed by atoms with Crippen molar-refractivity contribution in [2.75, 3.05) is 0 Å². The highest BCUT2D eigenvalue weighted by Gasteiger charge is 2.06. The zero-order chi connectivity index (χ0) is 12.3. The van der Waals surface area contributed by atoms with Crippen molar-refractivity contribution >= 4 is 23.1 Å². The first-order valence-corrected chi connectivity index (χ1v) is 4.79. The molecule has 0 aliphatic heterocycles. The number of nitrogens with two attached hydrogens (primary N) is 1. The molecule has 0 unspecified atom stereocenters. The molecular weight excluding hydrogens is 224 g/mol. The van der Waals surface area contributed by atoms with Crippen LogP contribution in [0.15, 0.2) is 24.3 Å². The van der Waals surface area contributed by atoms with E-state index in [0.717, 1.165) is 11.0 Å². The van der Waals surface area contributed by atoms with Crippen molar-refractivity contribution in [3.63, 3.8) is 0 Å². The first-order chi connectivity index (χ1) is 8.16. The van der Waals surface area contributed by atoms with Crippen LogP contribution in [0.3, 0.4) is 0 Å². The maximum absolute atomic E-state index is 11.1. The molecule has 0 aliphatic carbocycles. The summed E-state index contributed by atoms with van der Waals surface area (Å²) in [6.45, 7) is 0.0969. The number of rotatable bonds is 2. The van der Waals surface area contributed by atoms with E-state index in [4.69, 9.17) is 5.73 Å². The molecule has 8 nitrogen and oxygen atoms in total. The van der Waals surface area contributed by atoms with E-state index in [-0.39, 0.29) is 6.67 Å². The molecule has 1 heterocycles. The summed E-state index contributed by atoms with van der Waals surface area (Å²) in [6, 6.07) is 5.72. The maximum atomic E-state index is 11.1. The first kappa shape index (κ1) is 10.9. The van der Waals surface area contributed by atoms with Gasteiger partial charge in [-0.2, -0.15) is 0 Å². The van der Waals surface area contributed by atoms with Gasteiger partial charge in [-0.3, -0.25) is 5.32 Å². The minimum Gasteiger partial charge on any atom is -0.351 e. The van der Waals surface area contributed by atoms with Crippen molar-refractivity contribution in [1.82, 2.24) is 25.6 Å². The summed E-state index contributed by atoms with van der Waals surface area (Å²) in [5.41, 5.74) is 6.30. The number of amides is 4. The van der Waals surface area contributed by atoms with Gasteiger partial charge in [0.1, 0.15) is 12.2 Å². The Morgan fingerprint density at radius 2 is 2.12 bits per heavy atom. The van der Waals surface area contributed by atoms with Gasteiger partial charge in [-0.05, 0) is 12.1 Å². The standard InChI is InChI=1S/C9H10N6O2/c10-8(16)12-9(17)11-5-15-7-4-2-1-3-6(7)13-14-15/h1-4H,5H2,(H4,10,11,12,16,17). The Kier molecular flexibility index (Phi) is 2.86. The molecule has 2 aromatic rings. The summed E-state index contributed by atoms with van der Waals surface area (Å²) in [5, 5.41) is 12.1. The maximum Gasteiger partial charge on any atom is 0.324 e. The van der Waals surface area contributed by atoms with Crippen LogP contribution in [0.25, 0.3) is 11.0 Å². The summed E-state index contributed by atoms with van der Waals surface area (Å²) in [4.78, 5) is 21.5. The molecule has 2 rings (SSSR count). The minimum atomic E-state index is -0.911. The van der Waals surface area contributed by atoms with Crippen molar-refractivity contribution in [2.24, 2.45) is 5.73 Å². The van der Waals surface area contributed by atoms with Gasteiger partial charge in [-0.25, -0.2) is 14.3 Å². The van der Waals surface area contributed by atoms with Gasteiger partial charge >= 0.3 is 12.1 Å². The highest BCUT2D eigenvalue weighted by Crippen LogP contribution is 2.08. The Bertz CT molecular complexity index is 563. The summed E-state index contributed by atoms with van der Waals surface area (Å²) in [7, 11) is 0. The van der Waals surface area contributed by atoms with Gasteiger partial charge in [0.2, 0.25) is 0 Å². The number of para-hydroxylation sites is 1. The van der Waals surface area contributed by atoms with Gasteiger partial charge in [-0.15, -0.1) is 5.10 Å². The second-order valence-electron chi connectivity index (χ2n) is 3.23. The molecule has 1 aromatic carbocycles. The van der Waals surface area contributed by atoms with E-state index in [1.165, 1.54) is 4.68 Å². The first-order valence-electron chi connectivity index (χ1n) is 4.79. The third kappa shape index (κ3) is 2.48. The zero-order valence-corrected chi connectivity index (χ0v) is 8.75. The number of carbonyl (C=O) groups is 2. The molecule has 0 bridgehead atoms. The lowest BCUT2D eigenvalue weighted by molar-refractivity contribution is 0.229. The molecule has 0 saturated carbocycles. The third-order valence-electron chi connectivity index (χ3n) is 2.05. The molecule has 0 saturated heterocycles. The van der Waals surface area contributed by atoms with Crippen LogP contribution in [0, 0.1) is 0 Å². The van der Waals surface area contributed by atoms with Crippen LogP contribution >= 0.6 is 0 Å². The topological polar surface area (TPSA) is 115 Å². The van der Waals surface area contributed by atoms with Crippen molar-refractivity contribution in [1.29, 1.82) is 0 Å². The minimum absolute atomic E-state index is 0.0969. The third-order valence-corrected chi connectivity index (χ3v) is 2.05. The van der Waals surface area contributed by atoms with Gasteiger partial charge in [0.25, 0.3) is 0 Å². The van der Waals surface area contributed by atoms with Crippen LogP contribution in [0.2, 0.25) is 0 Å². The summed E-state index contributed by atoms with van der Waals surface area (Å²) in [5.74, 6) is 0. The van der Waals surface area contributed by atoms with Gasteiger partial charge < -0.3 is 11.1 Å². The van der Waals surface area contributed by atoms with Gasteiger partial charge in [0.15, 0.2) is 0 Å². The van der Waals surface area contributed by atoms with Gasteiger partial charge in [0, 0.05) is 0 Å². The number of imide groups is 1. The number of fused-ring (bicyclic) bond motifs is 1. The lowest BCUT2D eigenvalue weighted by Crippen LogP contribution is -2.42. The number of nitrogens with one attached hydrogen (secondary N) is 2. The van der Waals surface area contributed by atoms with E-state index >= 15 is 0 Å². The predicted octanol–water partition coefficient (Wildman–Crippen LogP) is -0.233. The second-order valence-corrected chi connectivity index (χ2v) is 3.23. The number of hydrogen-bond donors (Lipinski definition) is 3. The fourth-order valence-corrected chi connectivity index (χ4v) is 1.34. The molecule has 0 radical (unpaired) electrons. The number of benzene rings is 1. The molecule has 0 spiro atoms. The van der Waals surface area contributed by atoms with Crippen LogP contribution in [-0.4, -0.2) is 27.1 Å². The van der Waals surface area contributed by atoms with E-state index in [2.05, 4.69) is 15.6 Å². The number of aromatic nitrogens is 3. The molecule has 8 heteroatoms. The summed E-state index contributed by atoms with van der Waals surface area (Å²) < 4.78 is 1.50. The predicted molar refractivity (Wildman–Crippen MR) is 58.8 cm³/mol. The lowest BCUT2D eigenvalue weighted by atomic mass is 10.3. The van der Waals surface area contributed by atoms with E-state index in [0.29, 0.717) is 0 Å². The van der Waals surface area contributed by atoms with E-state index in [1.54, 1.807) is 0 Å². The number of carbonyl (C=O) groups excluding carboxylic acids is 2. The van der Waals surface area contributed by atoms with Crippen molar-refractivity contribution in [3.8, 4) is 0 Å². The molecular formula is C9H10N6O2. The number of urea groups is 2. The Morgan fingerprint density at radius 3 is 2.88 bits per heavy atom. The highest BCUT2D eigenvalue weighted by atomic mass is 16.2. The van der Waals surface area contributed by atoms with Crippen molar-refractivity contribution in [3.05, 3.63) is 24.3 Å². The van der Waals surface area contributed by atoms with Crippen LogP contribution in [0.4, 0.5) is 9.59 Å². The molecule has 1 aromatic heterocycles. The average molecular weight is 234 g/mol. The highest BCUT2D eigenvalue weighted by molar-refractivity contribution is 5.92. The van der Waals surface area contributed by atoms with Gasteiger partial charge in [0.05, 0.1) is 5.52 Å². The monoisotopic (exact) mass is 234 g/mol. The molecule has 0 aliphatic rings. The Morgan fingerprint density at radius 1 is 1.35 bits per heavy atom. The van der Waals surface area contributed by atoms with Crippen molar-refractivity contribution in [2.45, 2.75) is 6.67 Å². The SMILES string of the molecule is NC(=O)NC(=O)NCn1nnc2ccccc21. The second kappa shape index (κ2) is 4.47. The quantitative estimate of drug-likeness (QED) is 0.665. The van der Waals surface area contributed by atoms with Crippen LogP contribution in [0.1, 0.15) is 0 Å². The summed E-state index contributed by atoms with van der Waals surface area (Å²) >= 11 is 0. The fourth-order valence-electron chi connectivity index (χ4n) is 1.34. The van der Waals surface area contributed by atoms with Crippen molar-refractivity contribution < 1.29 is 9.59 Å². The van der Waals surface area contributed by atoms with E-state index in [9.17, 15) is 9.59 Å². The molecule has 4 N–H and O–H groups in total. The Hall–Kier alpha value is -2.64. The Balaban J connectivity index is 2.04. The number of nitrogens with zero attached hydrogens (tertiary/aromatic N) is 3. The molecule has 17 heavy (non-hydrogen) atoms.